The maximum absolute atomic E-state index is 12.3. The van der Waals surface area contributed by atoms with Crippen LogP contribution in [0.5, 0.6) is 5.75 Å². The maximum atomic E-state index is 12.3. The number of benzene rings is 2. The summed E-state index contributed by atoms with van der Waals surface area (Å²) in [5.74, 6) is -0.0826. The van der Waals surface area contributed by atoms with Crippen LogP contribution < -0.4 is 4.74 Å². The minimum absolute atomic E-state index is 0.0866. The third kappa shape index (κ3) is 1.92. The van der Waals surface area contributed by atoms with E-state index >= 15 is 0 Å². The van der Waals surface area contributed by atoms with Gasteiger partial charge in [0.05, 0.1) is 13.0 Å². The van der Waals surface area contributed by atoms with Crippen molar-refractivity contribution in [1.82, 2.24) is 0 Å². The van der Waals surface area contributed by atoms with Crippen LogP contribution in [0.4, 0.5) is 0 Å². The van der Waals surface area contributed by atoms with E-state index in [0.29, 0.717) is 23.3 Å². The van der Waals surface area contributed by atoms with Crippen LogP contribution in [0.15, 0.2) is 48.5 Å². The number of carbonyl (C=O) groups excluding carboxylic acids is 2. The number of hydrogen-bond donors (Lipinski definition) is 0. The number of para-hydroxylation sites is 1. The standard InChI is InChI=1S/C17H14O3/c1-20-15-9-5-2-6-11(15)10-14-16(18)12-7-3-4-8-13(12)17(14)19/h2-9,14H,10H2,1H3. The Balaban J connectivity index is 1.94. The van der Waals surface area contributed by atoms with Crippen LogP contribution in [-0.2, 0) is 6.42 Å². The van der Waals surface area contributed by atoms with Gasteiger partial charge in [0.2, 0.25) is 0 Å². The molecule has 3 nitrogen and oxygen atoms in total. The van der Waals surface area contributed by atoms with Crippen LogP contribution in [0.25, 0.3) is 0 Å². The van der Waals surface area contributed by atoms with Gasteiger partial charge in [0.25, 0.3) is 0 Å². The molecule has 0 spiro atoms. The highest BCUT2D eigenvalue weighted by atomic mass is 16.5. The summed E-state index contributed by atoms with van der Waals surface area (Å²) in [6.45, 7) is 0. The lowest BCUT2D eigenvalue weighted by molar-refractivity contribution is 0.0838. The molecule has 0 radical (unpaired) electrons. The molecule has 0 saturated carbocycles. The minimum atomic E-state index is -0.622. The zero-order chi connectivity index (χ0) is 14.1. The Morgan fingerprint density at radius 1 is 0.900 bits per heavy atom. The fourth-order valence-corrected chi connectivity index (χ4v) is 2.68. The molecule has 3 heteroatoms. The lowest BCUT2D eigenvalue weighted by Crippen LogP contribution is -2.18. The van der Waals surface area contributed by atoms with E-state index in [1.807, 2.05) is 24.3 Å². The van der Waals surface area contributed by atoms with Gasteiger partial charge in [-0.1, -0.05) is 42.5 Å². The van der Waals surface area contributed by atoms with E-state index in [9.17, 15) is 9.59 Å². The molecule has 0 atom stereocenters. The van der Waals surface area contributed by atoms with Crippen LogP contribution in [0.2, 0.25) is 0 Å². The topological polar surface area (TPSA) is 43.4 Å². The van der Waals surface area contributed by atoms with Crippen molar-refractivity contribution < 1.29 is 14.3 Å². The highest BCUT2D eigenvalue weighted by Crippen LogP contribution is 2.31. The quantitative estimate of drug-likeness (QED) is 0.802. The van der Waals surface area contributed by atoms with Crippen molar-refractivity contribution in [1.29, 1.82) is 0 Å². The Bertz CT molecular complexity index is 653. The molecule has 3 rings (SSSR count). The molecule has 0 unspecified atom stereocenters. The molecule has 0 N–H and O–H groups in total. The summed E-state index contributed by atoms with van der Waals surface area (Å²) in [6, 6.07) is 14.5. The number of ether oxygens (including phenoxy) is 1. The van der Waals surface area contributed by atoms with Gasteiger partial charge in [-0.25, -0.2) is 0 Å². The summed E-state index contributed by atoms with van der Waals surface area (Å²) in [7, 11) is 1.59. The second-order valence-electron chi connectivity index (χ2n) is 4.84. The molecule has 2 aromatic rings. The number of rotatable bonds is 3. The molecule has 100 valence electrons. The van der Waals surface area contributed by atoms with E-state index in [1.54, 1.807) is 31.4 Å². The van der Waals surface area contributed by atoms with Crippen molar-refractivity contribution in [3.8, 4) is 5.75 Å². The maximum Gasteiger partial charge on any atom is 0.174 e. The Hall–Kier alpha value is -2.42. The third-order valence-electron chi connectivity index (χ3n) is 3.71. The molecule has 0 aliphatic heterocycles. The first-order valence-electron chi connectivity index (χ1n) is 6.51. The average molecular weight is 266 g/mol. The SMILES string of the molecule is COc1ccccc1CC1C(=O)c2ccccc2C1=O. The Morgan fingerprint density at radius 3 is 2.05 bits per heavy atom. The third-order valence-corrected chi connectivity index (χ3v) is 3.71. The summed E-state index contributed by atoms with van der Waals surface area (Å²) < 4.78 is 5.28. The van der Waals surface area contributed by atoms with E-state index < -0.39 is 5.92 Å². The van der Waals surface area contributed by atoms with Gasteiger partial charge in [-0.2, -0.15) is 0 Å². The van der Waals surface area contributed by atoms with Crippen LogP contribution in [0.1, 0.15) is 26.3 Å². The van der Waals surface area contributed by atoms with Gasteiger partial charge in [0, 0.05) is 11.1 Å². The summed E-state index contributed by atoms with van der Waals surface area (Å²) in [6.07, 6.45) is 0.385. The first-order chi connectivity index (χ1) is 9.72. The molecule has 0 amide bonds. The second-order valence-corrected chi connectivity index (χ2v) is 4.84. The molecule has 20 heavy (non-hydrogen) atoms. The van der Waals surface area contributed by atoms with Crippen LogP contribution in [-0.4, -0.2) is 18.7 Å². The number of hydrogen-bond acceptors (Lipinski definition) is 3. The normalized spacial score (nSPS) is 14.4. The van der Waals surface area contributed by atoms with Crippen LogP contribution in [0.3, 0.4) is 0 Å². The Kier molecular flexibility index (Phi) is 3.11. The summed E-state index contributed by atoms with van der Waals surface area (Å²) in [5, 5.41) is 0. The molecule has 1 aliphatic rings. The van der Waals surface area contributed by atoms with Crippen molar-refractivity contribution >= 4 is 11.6 Å². The van der Waals surface area contributed by atoms with E-state index in [4.69, 9.17) is 4.74 Å². The van der Waals surface area contributed by atoms with Crippen molar-refractivity contribution in [2.75, 3.05) is 7.11 Å². The fraction of sp³-hybridized carbons (Fsp3) is 0.176. The molecule has 0 fully saturated rings. The van der Waals surface area contributed by atoms with Gasteiger partial charge in [-0.05, 0) is 18.1 Å². The minimum Gasteiger partial charge on any atom is -0.496 e. The number of carbonyl (C=O) groups is 2. The average Bonchev–Trinajstić information content (AvgIpc) is 2.73. The zero-order valence-electron chi connectivity index (χ0n) is 11.1. The first-order valence-corrected chi connectivity index (χ1v) is 6.51. The van der Waals surface area contributed by atoms with Gasteiger partial charge in [-0.3, -0.25) is 9.59 Å². The molecule has 0 saturated heterocycles. The molecule has 0 bridgehead atoms. The van der Waals surface area contributed by atoms with Crippen molar-refractivity contribution in [3.63, 3.8) is 0 Å². The predicted molar refractivity (Wildman–Crippen MR) is 75.3 cm³/mol. The molecular formula is C17H14O3. The summed E-state index contributed by atoms with van der Waals surface area (Å²) in [4.78, 5) is 24.7. The fourth-order valence-electron chi connectivity index (χ4n) is 2.68. The molecule has 2 aromatic carbocycles. The number of ketones is 2. The number of Topliss-reactive ketones (excluding diaryl/α,β-unsaturated/α-hetero) is 2. The van der Waals surface area contributed by atoms with Crippen molar-refractivity contribution in [3.05, 3.63) is 65.2 Å². The van der Waals surface area contributed by atoms with E-state index in [-0.39, 0.29) is 11.6 Å². The number of methoxy groups -OCH3 is 1. The molecule has 0 heterocycles. The van der Waals surface area contributed by atoms with E-state index in [2.05, 4.69) is 0 Å². The van der Waals surface area contributed by atoms with Crippen molar-refractivity contribution in [2.45, 2.75) is 6.42 Å². The van der Waals surface area contributed by atoms with E-state index in [1.165, 1.54) is 0 Å². The Morgan fingerprint density at radius 2 is 1.45 bits per heavy atom. The second kappa shape index (κ2) is 4.93. The Labute approximate surface area is 117 Å². The highest BCUT2D eigenvalue weighted by Gasteiger charge is 2.38. The van der Waals surface area contributed by atoms with Crippen molar-refractivity contribution in [2.24, 2.45) is 5.92 Å². The number of fused-ring (bicyclic) bond motifs is 1. The zero-order valence-corrected chi connectivity index (χ0v) is 11.1. The smallest absolute Gasteiger partial charge is 0.174 e. The molecule has 0 aromatic heterocycles. The first kappa shape index (κ1) is 12.6. The van der Waals surface area contributed by atoms with Gasteiger partial charge < -0.3 is 4.74 Å². The van der Waals surface area contributed by atoms with Gasteiger partial charge in [-0.15, -0.1) is 0 Å². The largest absolute Gasteiger partial charge is 0.496 e. The van der Waals surface area contributed by atoms with Gasteiger partial charge >= 0.3 is 0 Å². The lowest BCUT2D eigenvalue weighted by Gasteiger charge is -2.11. The van der Waals surface area contributed by atoms with Crippen LogP contribution in [0, 0.1) is 5.92 Å². The van der Waals surface area contributed by atoms with Gasteiger partial charge in [0.1, 0.15) is 5.75 Å². The highest BCUT2D eigenvalue weighted by molar-refractivity contribution is 6.26. The summed E-state index contributed by atoms with van der Waals surface area (Å²) >= 11 is 0. The monoisotopic (exact) mass is 266 g/mol. The van der Waals surface area contributed by atoms with E-state index in [0.717, 1.165) is 5.56 Å². The van der Waals surface area contributed by atoms with Gasteiger partial charge in [0.15, 0.2) is 11.6 Å². The predicted octanol–water partition coefficient (Wildman–Crippen LogP) is 2.93. The summed E-state index contributed by atoms with van der Waals surface area (Å²) in [5.41, 5.74) is 1.96. The van der Waals surface area contributed by atoms with Crippen LogP contribution >= 0.6 is 0 Å². The molecular weight excluding hydrogens is 252 g/mol. The lowest BCUT2D eigenvalue weighted by atomic mass is 9.94. The molecule has 1 aliphatic carbocycles.